The van der Waals surface area contributed by atoms with Crippen LogP contribution in [0.2, 0.25) is 0 Å². The summed E-state index contributed by atoms with van der Waals surface area (Å²) in [5.41, 5.74) is 1.67. The largest absolute Gasteiger partial charge is 0.352 e. The van der Waals surface area contributed by atoms with Gasteiger partial charge in [-0.05, 0) is 49.4 Å². The molecule has 1 aliphatic rings. The third-order valence-corrected chi connectivity index (χ3v) is 4.76. The lowest BCUT2D eigenvalue weighted by Crippen LogP contribution is -2.25. The molecule has 1 aromatic rings. The summed E-state index contributed by atoms with van der Waals surface area (Å²) in [7, 11) is -3.82. The Morgan fingerprint density at radius 1 is 1.35 bits per heavy atom. The zero-order valence-electron chi connectivity index (χ0n) is 11.8. The molecule has 0 unspecified atom stereocenters. The topological polar surface area (TPSA) is 89.3 Å². The fraction of sp³-hybridized carbons (Fsp3) is 0.500. The molecule has 5 nitrogen and oxygen atoms in total. The van der Waals surface area contributed by atoms with Gasteiger partial charge in [0.25, 0.3) is 5.91 Å². The minimum absolute atomic E-state index is 0.0184. The zero-order valence-corrected chi connectivity index (χ0v) is 12.6. The molecule has 20 heavy (non-hydrogen) atoms. The van der Waals surface area contributed by atoms with E-state index in [4.69, 9.17) is 5.14 Å². The van der Waals surface area contributed by atoms with Crippen LogP contribution in [0.3, 0.4) is 0 Å². The van der Waals surface area contributed by atoms with Crippen molar-refractivity contribution in [1.82, 2.24) is 5.32 Å². The number of hydrogen-bond donors (Lipinski definition) is 2. The Labute approximate surface area is 119 Å². The predicted molar refractivity (Wildman–Crippen MR) is 77.0 cm³/mol. The molecule has 0 spiro atoms. The number of benzene rings is 1. The molecule has 0 saturated heterocycles. The van der Waals surface area contributed by atoms with E-state index in [-0.39, 0.29) is 10.8 Å². The van der Waals surface area contributed by atoms with Crippen molar-refractivity contribution in [2.24, 2.45) is 11.1 Å². The molecule has 1 aliphatic carbocycles. The van der Waals surface area contributed by atoms with Gasteiger partial charge in [0.2, 0.25) is 10.0 Å². The van der Waals surface area contributed by atoms with Gasteiger partial charge < -0.3 is 5.32 Å². The van der Waals surface area contributed by atoms with E-state index in [1.807, 2.05) is 0 Å². The Morgan fingerprint density at radius 3 is 2.55 bits per heavy atom. The second-order valence-corrected chi connectivity index (χ2v) is 6.98. The summed E-state index contributed by atoms with van der Waals surface area (Å²) in [6, 6.07) is 3.04. The molecular weight excluding hydrogens is 276 g/mol. The lowest BCUT2D eigenvalue weighted by Gasteiger charge is -2.11. The molecule has 0 radical (unpaired) electrons. The van der Waals surface area contributed by atoms with Crippen molar-refractivity contribution in [3.05, 3.63) is 28.8 Å². The normalized spacial score (nSPS) is 15.2. The van der Waals surface area contributed by atoms with Crippen molar-refractivity contribution in [2.75, 3.05) is 6.54 Å². The van der Waals surface area contributed by atoms with Crippen LogP contribution in [0.1, 0.15) is 40.7 Å². The van der Waals surface area contributed by atoms with Crippen molar-refractivity contribution < 1.29 is 13.2 Å². The average molecular weight is 296 g/mol. The Morgan fingerprint density at radius 2 is 2.00 bits per heavy atom. The highest BCUT2D eigenvalue weighted by molar-refractivity contribution is 7.89. The summed E-state index contributed by atoms with van der Waals surface area (Å²) in [6.45, 7) is 4.08. The Kier molecular flexibility index (Phi) is 4.15. The first-order valence-corrected chi connectivity index (χ1v) is 8.26. The highest BCUT2D eigenvalue weighted by atomic mass is 32.2. The fourth-order valence-corrected chi connectivity index (χ4v) is 3.03. The molecule has 0 atom stereocenters. The van der Waals surface area contributed by atoms with Crippen LogP contribution in [0.25, 0.3) is 0 Å². The summed E-state index contributed by atoms with van der Waals surface area (Å²) in [6.07, 6.45) is 3.47. The van der Waals surface area contributed by atoms with Gasteiger partial charge in [-0.25, -0.2) is 13.6 Å². The van der Waals surface area contributed by atoms with E-state index in [0.717, 1.165) is 17.9 Å². The van der Waals surface area contributed by atoms with Crippen LogP contribution in [0.15, 0.2) is 17.0 Å². The van der Waals surface area contributed by atoms with Gasteiger partial charge in [-0.2, -0.15) is 0 Å². The number of sulfonamides is 1. The molecule has 1 fully saturated rings. The molecule has 110 valence electrons. The van der Waals surface area contributed by atoms with E-state index in [2.05, 4.69) is 5.32 Å². The monoisotopic (exact) mass is 296 g/mol. The molecule has 6 heteroatoms. The first-order chi connectivity index (χ1) is 9.29. The molecule has 0 heterocycles. The van der Waals surface area contributed by atoms with E-state index < -0.39 is 10.0 Å². The molecule has 0 bridgehead atoms. The average Bonchev–Trinajstić information content (AvgIpc) is 3.14. The lowest BCUT2D eigenvalue weighted by atomic mass is 10.1. The van der Waals surface area contributed by atoms with Gasteiger partial charge in [0.05, 0.1) is 4.90 Å². The van der Waals surface area contributed by atoms with Crippen LogP contribution in [-0.4, -0.2) is 20.9 Å². The molecule has 0 aliphatic heterocycles. The number of rotatable bonds is 5. The van der Waals surface area contributed by atoms with Crippen LogP contribution >= 0.6 is 0 Å². The van der Waals surface area contributed by atoms with Crippen molar-refractivity contribution in [1.29, 1.82) is 0 Å². The zero-order chi connectivity index (χ0) is 14.9. The molecule has 2 rings (SSSR count). The fourth-order valence-electron chi connectivity index (χ4n) is 2.15. The number of hydrogen-bond acceptors (Lipinski definition) is 3. The predicted octanol–water partition coefficient (Wildman–Crippen LogP) is 1.48. The van der Waals surface area contributed by atoms with Crippen molar-refractivity contribution >= 4 is 15.9 Å². The Hall–Kier alpha value is -1.40. The van der Waals surface area contributed by atoms with E-state index in [0.29, 0.717) is 17.7 Å². The van der Waals surface area contributed by atoms with Gasteiger partial charge in [0.1, 0.15) is 0 Å². The maximum atomic E-state index is 12.0. The molecular formula is C14H20N2O3S. The van der Waals surface area contributed by atoms with E-state index >= 15 is 0 Å². The van der Waals surface area contributed by atoms with Crippen LogP contribution in [0.5, 0.6) is 0 Å². The van der Waals surface area contributed by atoms with E-state index in [1.54, 1.807) is 19.9 Å². The first-order valence-electron chi connectivity index (χ1n) is 6.71. The van der Waals surface area contributed by atoms with Gasteiger partial charge in [-0.3, -0.25) is 4.79 Å². The summed E-state index contributed by atoms with van der Waals surface area (Å²) < 4.78 is 23.1. The van der Waals surface area contributed by atoms with Gasteiger partial charge in [-0.1, -0.05) is 12.8 Å². The minimum Gasteiger partial charge on any atom is -0.352 e. The van der Waals surface area contributed by atoms with Crippen LogP contribution in [-0.2, 0) is 10.0 Å². The third-order valence-electron chi connectivity index (χ3n) is 3.72. The quantitative estimate of drug-likeness (QED) is 0.862. The molecule has 1 aromatic carbocycles. The van der Waals surface area contributed by atoms with Crippen LogP contribution < -0.4 is 10.5 Å². The minimum atomic E-state index is -3.82. The molecule has 1 amide bonds. The standard InChI is InChI=1S/C14H20N2O3S/c1-9-7-12(8-13(10(9)2)20(15,18)19)14(17)16-6-5-11-3-4-11/h7-8,11H,3-6H2,1-2H3,(H,16,17)(H2,15,18,19). The number of nitrogens with one attached hydrogen (secondary N) is 1. The number of carbonyl (C=O) groups excluding carboxylic acids is 1. The summed E-state index contributed by atoms with van der Waals surface area (Å²) in [5.74, 6) is 0.494. The number of primary sulfonamides is 1. The summed E-state index contributed by atoms with van der Waals surface area (Å²) >= 11 is 0. The van der Waals surface area contributed by atoms with E-state index in [9.17, 15) is 13.2 Å². The van der Waals surface area contributed by atoms with E-state index in [1.165, 1.54) is 18.9 Å². The third kappa shape index (κ3) is 3.58. The van der Waals surface area contributed by atoms with Crippen molar-refractivity contribution in [2.45, 2.75) is 38.0 Å². The van der Waals surface area contributed by atoms with Crippen LogP contribution in [0.4, 0.5) is 0 Å². The number of nitrogens with two attached hydrogens (primary N) is 1. The molecule has 3 N–H and O–H groups in total. The number of aryl methyl sites for hydroxylation is 1. The van der Waals surface area contributed by atoms with Gasteiger partial charge in [0, 0.05) is 12.1 Å². The summed E-state index contributed by atoms with van der Waals surface area (Å²) in [4.78, 5) is 12.1. The molecule has 1 saturated carbocycles. The SMILES string of the molecule is Cc1cc(C(=O)NCCC2CC2)cc(S(N)(=O)=O)c1C. The first kappa shape index (κ1) is 15.0. The lowest BCUT2D eigenvalue weighted by molar-refractivity contribution is 0.0952. The second-order valence-electron chi connectivity index (χ2n) is 5.45. The highest BCUT2D eigenvalue weighted by Crippen LogP contribution is 2.31. The van der Waals surface area contributed by atoms with Gasteiger partial charge in [-0.15, -0.1) is 0 Å². The smallest absolute Gasteiger partial charge is 0.251 e. The van der Waals surface area contributed by atoms with Crippen molar-refractivity contribution in [3.63, 3.8) is 0 Å². The Bertz CT molecular complexity index is 634. The van der Waals surface area contributed by atoms with Gasteiger partial charge in [0.15, 0.2) is 0 Å². The molecule has 0 aromatic heterocycles. The Balaban J connectivity index is 2.18. The van der Waals surface area contributed by atoms with Crippen LogP contribution in [0, 0.1) is 19.8 Å². The number of amides is 1. The number of carbonyl (C=O) groups is 1. The maximum Gasteiger partial charge on any atom is 0.251 e. The maximum absolute atomic E-state index is 12.0. The second kappa shape index (κ2) is 5.54. The summed E-state index contributed by atoms with van der Waals surface area (Å²) in [5, 5.41) is 8.01. The van der Waals surface area contributed by atoms with Gasteiger partial charge >= 0.3 is 0 Å². The highest BCUT2D eigenvalue weighted by Gasteiger charge is 2.21. The van der Waals surface area contributed by atoms with Crippen molar-refractivity contribution in [3.8, 4) is 0 Å².